The van der Waals surface area contributed by atoms with Crippen LogP contribution in [0.3, 0.4) is 0 Å². The zero-order valence-corrected chi connectivity index (χ0v) is 13.5. The lowest BCUT2D eigenvalue weighted by Gasteiger charge is -2.13. The molecule has 0 aliphatic rings. The summed E-state index contributed by atoms with van der Waals surface area (Å²) in [6.07, 6.45) is -0.0759. The number of hydrogen-bond donors (Lipinski definition) is 2. The lowest BCUT2D eigenvalue weighted by Crippen LogP contribution is -2.31. The first-order chi connectivity index (χ1) is 11.2. The highest BCUT2D eigenvalue weighted by atomic mass is 35.5. The maximum atomic E-state index is 11.7. The van der Waals surface area contributed by atoms with E-state index in [9.17, 15) is 9.90 Å². The van der Waals surface area contributed by atoms with Crippen molar-refractivity contribution in [3.8, 4) is 0 Å². The van der Waals surface area contributed by atoms with Crippen molar-refractivity contribution in [3.63, 3.8) is 0 Å². The van der Waals surface area contributed by atoms with Gasteiger partial charge in [-0.2, -0.15) is 0 Å². The fourth-order valence-corrected chi connectivity index (χ4v) is 2.38. The molecule has 0 heterocycles. The van der Waals surface area contributed by atoms with E-state index in [0.717, 1.165) is 6.42 Å². The monoisotopic (exact) mass is 333 g/mol. The number of aliphatic hydroxyl groups excluding tert-OH is 1. The molecule has 0 radical (unpaired) electrons. The van der Waals surface area contributed by atoms with Crippen molar-refractivity contribution >= 4 is 17.5 Å². The van der Waals surface area contributed by atoms with Gasteiger partial charge in [-0.3, -0.25) is 4.79 Å². The van der Waals surface area contributed by atoms with Crippen LogP contribution in [0.5, 0.6) is 0 Å². The van der Waals surface area contributed by atoms with Gasteiger partial charge in [0.25, 0.3) is 0 Å². The van der Waals surface area contributed by atoms with Crippen LogP contribution in [-0.2, 0) is 16.0 Å². The van der Waals surface area contributed by atoms with Crippen LogP contribution in [-0.4, -0.2) is 30.8 Å². The number of hydrogen-bond acceptors (Lipinski definition) is 3. The summed E-state index contributed by atoms with van der Waals surface area (Å²) in [6.45, 7) is 0.553. The first-order valence-electron chi connectivity index (χ1n) is 7.47. The molecule has 122 valence electrons. The number of ether oxygens (including phenoxy) is 1. The SMILES string of the molecule is O=C(COCCc1ccccc1)NCC(O)c1ccccc1Cl. The summed E-state index contributed by atoms with van der Waals surface area (Å²) in [6, 6.07) is 17.0. The van der Waals surface area contributed by atoms with Crippen LogP contribution in [0.4, 0.5) is 0 Å². The quantitative estimate of drug-likeness (QED) is 0.730. The summed E-state index contributed by atoms with van der Waals surface area (Å²) in [4.78, 5) is 11.7. The van der Waals surface area contributed by atoms with Gasteiger partial charge in [0.1, 0.15) is 6.61 Å². The molecular weight excluding hydrogens is 314 g/mol. The van der Waals surface area contributed by atoms with Crippen LogP contribution in [0.1, 0.15) is 17.2 Å². The van der Waals surface area contributed by atoms with E-state index in [1.54, 1.807) is 24.3 Å². The van der Waals surface area contributed by atoms with E-state index in [-0.39, 0.29) is 19.1 Å². The molecule has 1 atom stereocenters. The second-order valence-corrected chi connectivity index (χ2v) is 5.54. The second-order valence-electron chi connectivity index (χ2n) is 5.13. The van der Waals surface area contributed by atoms with E-state index in [1.165, 1.54) is 5.56 Å². The molecule has 0 saturated heterocycles. The lowest BCUT2D eigenvalue weighted by molar-refractivity contribution is -0.126. The maximum Gasteiger partial charge on any atom is 0.246 e. The average Bonchev–Trinajstić information content (AvgIpc) is 2.58. The molecule has 0 spiro atoms. The predicted molar refractivity (Wildman–Crippen MR) is 90.4 cm³/mol. The smallest absolute Gasteiger partial charge is 0.246 e. The molecule has 4 nitrogen and oxygen atoms in total. The highest BCUT2D eigenvalue weighted by Gasteiger charge is 2.12. The van der Waals surface area contributed by atoms with Gasteiger partial charge in [0.15, 0.2) is 0 Å². The summed E-state index contributed by atoms with van der Waals surface area (Å²) in [5.41, 5.74) is 1.77. The normalized spacial score (nSPS) is 11.9. The van der Waals surface area contributed by atoms with Crippen molar-refractivity contribution in [2.45, 2.75) is 12.5 Å². The van der Waals surface area contributed by atoms with E-state index >= 15 is 0 Å². The van der Waals surface area contributed by atoms with E-state index in [1.807, 2.05) is 30.3 Å². The zero-order valence-electron chi connectivity index (χ0n) is 12.7. The number of rotatable bonds is 8. The van der Waals surface area contributed by atoms with Crippen LogP contribution in [0.25, 0.3) is 0 Å². The van der Waals surface area contributed by atoms with Gasteiger partial charge < -0.3 is 15.2 Å². The Hall–Kier alpha value is -1.88. The third kappa shape index (κ3) is 6.02. The zero-order chi connectivity index (χ0) is 16.5. The molecule has 2 rings (SSSR count). The van der Waals surface area contributed by atoms with Gasteiger partial charge >= 0.3 is 0 Å². The number of amides is 1. The first-order valence-corrected chi connectivity index (χ1v) is 7.85. The molecule has 2 aromatic carbocycles. The molecule has 23 heavy (non-hydrogen) atoms. The predicted octanol–water partition coefficient (Wildman–Crippen LogP) is 2.75. The number of halogens is 1. The molecule has 5 heteroatoms. The summed E-state index contributed by atoms with van der Waals surface area (Å²) in [5, 5.41) is 13.1. The van der Waals surface area contributed by atoms with Gasteiger partial charge in [0, 0.05) is 17.1 Å². The molecule has 0 aliphatic heterocycles. The summed E-state index contributed by atoms with van der Waals surface area (Å²) >= 11 is 6.00. The number of carbonyl (C=O) groups is 1. The minimum absolute atomic E-state index is 0.0257. The Morgan fingerprint density at radius 1 is 1.13 bits per heavy atom. The molecule has 0 saturated carbocycles. The molecule has 0 aromatic heterocycles. The maximum absolute atomic E-state index is 11.7. The lowest BCUT2D eigenvalue weighted by atomic mass is 10.1. The molecule has 0 bridgehead atoms. The fourth-order valence-electron chi connectivity index (χ4n) is 2.12. The van der Waals surface area contributed by atoms with Gasteiger partial charge in [0.2, 0.25) is 5.91 Å². The van der Waals surface area contributed by atoms with E-state index in [4.69, 9.17) is 16.3 Å². The minimum atomic E-state index is -0.836. The topological polar surface area (TPSA) is 58.6 Å². The molecule has 2 N–H and O–H groups in total. The Labute approximate surface area is 141 Å². The van der Waals surface area contributed by atoms with Gasteiger partial charge in [-0.15, -0.1) is 0 Å². The van der Waals surface area contributed by atoms with Crippen LogP contribution in [0.15, 0.2) is 54.6 Å². The number of nitrogens with one attached hydrogen (secondary N) is 1. The van der Waals surface area contributed by atoms with Crippen LogP contribution in [0, 0.1) is 0 Å². The van der Waals surface area contributed by atoms with Crippen LogP contribution < -0.4 is 5.32 Å². The number of benzene rings is 2. The Kier molecular flexibility index (Phi) is 7.07. The van der Waals surface area contributed by atoms with E-state index in [0.29, 0.717) is 17.2 Å². The van der Waals surface area contributed by atoms with Gasteiger partial charge in [-0.25, -0.2) is 0 Å². The Bertz CT molecular complexity index is 619. The second kappa shape index (κ2) is 9.30. The van der Waals surface area contributed by atoms with Crippen molar-refractivity contribution in [2.75, 3.05) is 19.8 Å². The van der Waals surface area contributed by atoms with Crippen molar-refractivity contribution < 1.29 is 14.6 Å². The van der Waals surface area contributed by atoms with Gasteiger partial charge in [-0.1, -0.05) is 60.1 Å². The molecular formula is C18H20ClNO3. The van der Waals surface area contributed by atoms with Crippen molar-refractivity contribution in [2.24, 2.45) is 0 Å². The largest absolute Gasteiger partial charge is 0.387 e. The number of aliphatic hydroxyl groups is 1. The van der Waals surface area contributed by atoms with Gasteiger partial charge in [0.05, 0.1) is 12.7 Å². The summed E-state index contributed by atoms with van der Waals surface area (Å²) in [5.74, 6) is -0.260. The molecule has 1 amide bonds. The van der Waals surface area contributed by atoms with Crippen molar-refractivity contribution in [1.29, 1.82) is 0 Å². The van der Waals surface area contributed by atoms with Crippen molar-refractivity contribution in [3.05, 3.63) is 70.7 Å². The average molecular weight is 334 g/mol. The number of carbonyl (C=O) groups excluding carboxylic acids is 1. The molecule has 2 aromatic rings. The van der Waals surface area contributed by atoms with Crippen LogP contribution in [0.2, 0.25) is 5.02 Å². The Morgan fingerprint density at radius 3 is 2.57 bits per heavy atom. The Morgan fingerprint density at radius 2 is 1.83 bits per heavy atom. The molecule has 0 aliphatic carbocycles. The van der Waals surface area contributed by atoms with Gasteiger partial charge in [-0.05, 0) is 18.1 Å². The highest BCUT2D eigenvalue weighted by molar-refractivity contribution is 6.31. The summed E-state index contributed by atoms with van der Waals surface area (Å²) < 4.78 is 5.34. The first kappa shape index (κ1) is 17.5. The molecule has 0 fully saturated rings. The van der Waals surface area contributed by atoms with Crippen molar-refractivity contribution in [1.82, 2.24) is 5.32 Å². The standard InChI is InChI=1S/C18H20ClNO3/c19-16-9-5-4-8-15(16)17(21)12-20-18(22)13-23-11-10-14-6-2-1-3-7-14/h1-9,17,21H,10-13H2,(H,20,22). The van der Waals surface area contributed by atoms with Crippen LogP contribution >= 0.6 is 11.6 Å². The van der Waals surface area contributed by atoms with E-state index in [2.05, 4.69) is 5.32 Å². The third-order valence-corrected chi connectivity index (χ3v) is 3.71. The third-order valence-electron chi connectivity index (χ3n) is 3.37. The minimum Gasteiger partial charge on any atom is -0.387 e. The Balaban J connectivity index is 1.64. The summed E-state index contributed by atoms with van der Waals surface area (Å²) in [7, 11) is 0. The highest BCUT2D eigenvalue weighted by Crippen LogP contribution is 2.21. The van der Waals surface area contributed by atoms with E-state index < -0.39 is 6.10 Å². The molecule has 1 unspecified atom stereocenters. The fraction of sp³-hybridized carbons (Fsp3) is 0.278.